The van der Waals surface area contributed by atoms with Gasteiger partial charge in [-0.1, -0.05) is 19.4 Å². The number of fused-ring (bicyclic) bond motifs is 5. The van der Waals surface area contributed by atoms with E-state index < -0.39 is 48.3 Å². The van der Waals surface area contributed by atoms with E-state index in [9.17, 15) is 30.0 Å². The molecule has 0 aromatic carbocycles. The van der Waals surface area contributed by atoms with E-state index in [1.165, 1.54) is 5.57 Å². The number of allylic oxidation sites excluding steroid dienone is 1. The Balaban J connectivity index is 1.55. The molecule has 8 heteroatoms. The molecule has 5 rings (SSSR count). The third-order valence-corrected chi connectivity index (χ3v) is 10.8. The summed E-state index contributed by atoms with van der Waals surface area (Å²) in [6.07, 6.45) is 1.13. The van der Waals surface area contributed by atoms with Crippen molar-refractivity contribution >= 4 is 11.6 Å². The predicted molar refractivity (Wildman–Crippen MR) is 125 cm³/mol. The molecule has 0 spiro atoms. The van der Waals surface area contributed by atoms with Crippen molar-refractivity contribution in [1.29, 1.82) is 0 Å². The smallest absolute Gasteiger partial charge is 0.187 e. The largest absolute Gasteiger partial charge is 0.394 e. The van der Waals surface area contributed by atoms with E-state index >= 15 is 0 Å². The first-order valence-electron chi connectivity index (χ1n) is 13.2. The van der Waals surface area contributed by atoms with Crippen molar-refractivity contribution in [3.8, 4) is 0 Å². The van der Waals surface area contributed by atoms with E-state index in [-0.39, 0.29) is 34.7 Å². The van der Waals surface area contributed by atoms with Gasteiger partial charge in [0.15, 0.2) is 12.1 Å². The Morgan fingerprint density at radius 2 is 1.77 bits per heavy atom. The molecule has 11 atom stereocenters. The van der Waals surface area contributed by atoms with E-state index in [0.29, 0.717) is 19.3 Å². The van der Waals surface area contributed by atoms with Crippen LogP contribution in [0.25, 0.3) is 0 Å². The lowest BCUT2D eigenvalue weighted by molar-refractivity contribution is -0.356. The molecule has 4 fully saturated rings. The van der Waals surface area contributed by atoms with Gasteiger partial charge in [0, 0.05) is 17.8 Å². The van der Waals surface area contributed by atoms with Crippen LogP contribution in [0.3, 0.4) is 0 Å². The number of aliphatic hydroxyl groups is 4. The summed E-state index contributed by atoms with van der Waals surface area (Å²) in [5, 5.41) is 41.2. The number of hydrogen-bond donors (Lipinski definition) is 4. The second kappa shape index (κ2) is 8.71. The molecule has 8 nitrogen and oxygen atoms in total. The van der Waals surface area contributed by atoms with Crippen LogP contribution in [0, 0.1) is 28.6 Å². The molecule has 4 N–H and O–H groups in total. The molecule has 0 amide bonds. The van der Waals surface area contributed by atoms with Crippen LogP contribution in [0.1, 0.15) is 72.1 Å². The van der Waals surface area contributed by atoms with Gasteiger partial charge in [-0.25, -0.2) is 0 Å². The van der Waals surface area contributed by atoms with Crippen LogP contribution in [0.2, 0.25) is 0 Å². The molecule has 0 aromatic rings. The van der Waals surface area contributed by atoms with E-state index in [4.69, 9.17) is 9.47 Å². The van der Waals surface area contributed by atoms with Crippen molar-refractivity contribution in [2.75, 3.05) is 6.61 Å². The minimum absolute atomic E-state index is 0.0910. The van der Waals surface area contributed by atoms with Crippen molar-refractivity contribution in [2.45, 2.75) is 108 Å². The van der Waals surface area contributed by atoms with E-state index in [1.807, 2.05) is 6.08 Å². The minimum Gasteiger partial charge on any atom is -0.394 e. The van der Waals surface area contributed by atoms with Crippen LogP contribution in [0.15, 0.2) is 11.6 Å². The first kappa shape index (κ1) is 25.5. The lowest BCUT2D eigenvalue weighted by atomic mass is 9.45. The van der Waals surface area contributed by atoms with Crippen LogP contribution in [-0.2, 0) is 19.1 Å². The SMILES string of the molecule is CC(=O)[C@H]1CC[C@]2(OC3O[C@H](CO)[C@@H](O)[C@H](O)[C@H]3O)[C@@H]3CCC4=CC(=O)CC[C@]4(C)[C@H]3CC[C@]12C. The van der Waals surface area contributed by atoms with Crippen molar-refractivity contribution in [2.24, 2.45) is 28.6 Å². The molecule has 1 saturated heterocycles. The molecule has 1 heterocycles. The summed E-state index contributed by atoms with van der Waals surface area (Å²) >= 11 is 0. The first-order valence-corrected chi connectivity index (χ1v) is 13.2. The van der Waals surface area contributed by atoms with Gasteiger partial charge in [0.2, 0.25) is 0 Å². The van der Waals surface area contributed by atoms with Gasteiger partial charge in [-0.15, -0.1) is 0 Å². The predicted octanol–water partition coefficient (Wildman–Crippen LogP) is 1.66. The first-order chi connectivity index (χ1) is 16.5. The van der Waals surface area contributed by atoms with Crippen LogP contribution < -0.4 is 0 Å². The van der Waals surface area contributed by atoms with Crippen molar-refractivity contribution in [3.63, 3.8) is 0 Å². The van der Waals surface area contributed by atoms with Gasteiger partial charge in [0.25, 0.3) is 0 Å². The fourth-order valence-electron chi connectivity index (χ4n) is 8.80. The third-order valence-electron chi connectivity index (χ3n) is 10.8. The highest BCUT2D eigenvalue weighted by atomic mass is 16.7. The van der Waals surface area contributed by atoms with Crippen molar-refractivity contribution in [3.05, 3.63) is 11.6 Å². The molecule has 196 valence electrons. The number of carbonyl (C=O) groups excluding carboxylic acids is 2. The van der Waals surface area contributed by atoms with Gasteiger partial charge in [-0.05, 0) is 75.2 Å². The Kier molecular flexibility index (Phi) is 6.34. The Bertz CT molecular complexity index is 915. The van der Waals surface area contributed by atoms with Crippen LogP contribution in [0.5, 0.6) is 0 Å². The van der Waals surface area contributed by atoms with Gasteiger partial charge in [0.05, 0.1) is 12.2 Å². The van der Waals surface area contributed by atoms with Gasteiger partial charge in [0.1, 0.15) is 30.2 Å². The topological polar surface area (TPSA) is 134 Å². The average molecular weight is 493 g/mol. The number of ether oxygens (including phenoxy) is 2. The maximum atomic E-state index is 12.8. The highest BCUT2D eigenvalue weighted by Gasteiger charge is 2.69. The Hall–Kier alpha value is -1.16. The number of ketones is 2. The number of rotatable bonds is 4. The van der Waals surface area contributed by atoms with Crippen LogP contribution in [-0.4, -0.2) is 74.9 Å². The van der Waals surface area contributed by atoms with Gasteiger partial charge < -0.3 is 29.9 Å². The summed E-state index contributed by atoms with van der Waals surface area (Å²) in [5.74, 6) is 0.510. The average Bonchev–Trinajstić information content (AvgIpc) is 3.13. The molecule has 35 heavy (non-hydrogen) atoms. The van der Waals surface area contributed by atoms with E-state index in [2.05, 4.69) is 13.8 Å². The fraction of sp³-hybridized carbons (Fsp3) is 0.852. The number of aliphatic hydroxyl groups excluding tert-OH is 4. The zero-order chi connectivity index (χ0) is 25.3. The number of Topliss-reactive ketones (excluding diaryl/α,β-unsaturated/α-hetero) is 1. The van der Waals surface area contributed by atoms with Crippen molar-refractivity contribution < 1.29 is 39.5 Å². The molecule has 0 aromatic heterocycles. The quantitative estimate of drug-likeness (QED) is 0.466. The van der Waals surface area contributed by atoms with Crippen molar-refractivity contribution in [1.82, 2.24) is 0 Å². The van der Waals surface area contributed by atoms with Gasteiger partial charge in [-0.2, -0.15) is 0 Å². The minimum atomic E-state index is -1.51. The maximum absolute atomic E-state index is 12.8. The molecule has 5 aliphatic rings. The number of carbonyl (C=O) groups is 2. The molecule has 1 unspecified atom stereocenters. The zero-order valence-electron chi connectivity index (χ0n) is 21.0. The summed E-state index contributed by atoms with van der Waals surface area (Å²) in [7, 11) is 0. The lowest BCUT2D eigenvalue weighted by Crippen LogP contribution is -2.67. The highest BCUT2D eigenvalue weighted by Crippen LogP contribution is 2.70. The summed E-state index contributed by atoms with van der Waals surface area (Å²) < 4.78 is 12.6. The van der Waals surface area contributed by atoms with E-state index in [0.717, 1.165) is 32.1 Å². The molecule has 0 bridgehead atoms. The molecule has 3 saturated carbocycles. The monoisotopic (exact) mass is 492 g/mol. The van der Waals surface area contributed by atoms with E-state index in [1.54, 1.807) is 6.92 Å². The lowest BCUT2D eigenvalue weighted by Gasteiger charge is -2.63. The molecule has 0 radical (unpaired) electrons. The van der Waals surface area contributed by atoms with Crippen LogP contribution >= 0.6 is 0 Å². The fourth-order valence-corrected chi connectivity index (χ4v) is 8.80. The van der Waals surface area contributed by atoms with Gasteiger partial charge >= 0.3 is 0 Å². The zero-order valence-corrected chi connectivity index (χ0v) is 21.0. The second-order valence-electron chi connectivity index (χ2n) is 12.2. The molecule has 4 aliphatic carbocycles. The summed E-state index contributed by atoms with van der Waals surface area (Å²) in [5.41, 5.74) is -0.127. The maximum Gasteiger partial charge on any atom is 0.187 e. The summed E-state index contributed by atoms with van der Waals surface area (Å²) in [4.78, 5) is 25.0. The summed E-state index contributed by atoms with van der Waals surface area (Å²) in [6, 6.07) is 0. The Morgan fingerprint density at radius 1 is 1.03 bits per heavy atom. The molecule has 1 aliphatic heterocycles. The summed E-state index contributed by atoms with van der Waals surface area (Å²) in [6.45, 7) is 5.52. The highest BCUT2D eigenvalue weighted by molar-refractivity contribution is 5.91. The molecular weight excluding hydrogens is 452 g/mol. The Morgan fingerprint density at radius 3 is 2.46 bits per heavy atom. The Labute approximate surface area is 206 Å². The third kappa shape index (κ3) is 3.55. The van der Waals surface area contributed by atoms with Crippen LogP contribution in [0.4, 0.5) is 0 Å². The van der Waals surface area contributed by atoms with Gasteiger partial charge in [-0.3, -0.25) is 9.59 Å². The standard InChI is InChI=1S/C27H40O8/c1-14(29)17-8-11-27(35-24-23(33)22(32)21(31)20(13-28)34-24)19-5-4-15-12-16(30)6-9-25(15,2)18(19)7-10-26(17,27)3/h12,17-24,28,31-33H,4-11,13H2,1-3H3/t17-,18+,19-,20-,21-,22+,23-,24?,25+,26-,27+/m1/s1. The molecular formula is C27H40O8. The normalized spacial score (nSPS) is 51.7. The number of hydrogen-bond acceptors (Lipinski definition) is 8. The second-order valence-corrected chi connectivity index (χ2v) is 12.2.